The first-order chi connectivity index (χ1) is 11.0. The minimum Gasteiger partial charge on any atom is -0.462 e. The average Bonchev–Trinajstić information content (AvgIpc) is 2.33. The number of carbonyl (C=O) groups is 1. The van der Waals surface area contributed by atoms with E-state index in [1.54, 1.807) is 27.7 Å². The molecule has 0 aromatic carbocycles. The van der Waals surface area contributed by atoms with E-state index in [-0.39, 0.29) is 23.5 Å². The van der Waals surface area contributed by atoms with Crippen molar-refractivity contribution in [1.29, 1.82) is 0 Å². The molecule has 1 rings (SSSR count). The Morgan fingerprint density at radius 3 is 2.04 bits per heavy atom. The van der Waals surface area contributed by atoms with Crippen LogP contribution in [0, 0.1) is 0 Å². The molecule has 0 aliphatic rings. The second-order valence-electron chi connectivity index (χ2n) is 7.42. The van der Waals surface area contributed by atoms with Crippen LogP contribution in [0.4, 0.5) is 19.0 Å². The third kappa shape index (κ3) is 10.5. The number of nitrogens with two attached hydrogens (primary N) is 1. The van der Waals surface area contributed by atoms with Gasteiger partial charge in [0.25, 0.3) is 0 Å². The van der Waals surface area contributed by atoms with Gasteiger partial charge in [0.1, 0.15) is 11.4 Å². The highest BCUT2D eigenvalue weighted by Gasteiger charge is 2.36. The molecule has 0 saturated heterocycles. The molecular weight excluding hydrogens is 337 g/mol. The van der Waals surface area contributed by atoms with Crippen molar-refractivity contribution >= 4 is 11.8 Å². The van der Waals surface area contributed by atoms with Gasteiger partial charge in [-0.05, 0) is 48.5 Å². The van der Waals surface area contributed by atoms with Crippen LogP contribution in [-0.4, -0.2) is 33.6 Å². The van der Waals surface area contributed by atoms with Crippen LogP contribution in [0.1, 0.15) is 64.6 Å². The van der Waals surface area contributed by atoms with Crippen molar-refractivity contribution in [3.8, 4) is 0 Å². The van der Waals surface area contributed by atoms with Gasteiger partial charge in [-0.3, -0.25) is 0 Å². The first kappa shape index (κ1) is 23.1. The quantitative estimate of drug-likeness (QED) is 0.796. The zero-order chi connectivity index (χ0) is 20.1. The summed E-state index contributed by atoms with van der Waals surface area (Å²) >= 11 is 0. The van der Waals surface area contributed by atoms with E-state index >= 15 is 0 Å². The van der Waals surface area contributed by atoms with Crippen LogP contribution in [0.15, 0.2) is 6.20 Å². The van der Waals surface area contributed by atoms with Crippen molar-refractivity contribution in [2.24, 2.45) is 5.73 Å². The number of aromatic nitrogens is 2. The average molecular weight is 364 g/mol. The Morgan fingerprint density at radius 2 is 1.68 bits per heavy atom. The summed E-state index contributed by atoms with van der Waals surface area (Å²) < 4.78 is 42.6. The van der Waals surface area contributed by atoms with Gasteiger partial charge in [0.05, 0.1) is 6.61 Å². The van der Waals surface area contributed by atoms with Crippen LogP contribution in [0.25, 0.3) is 0 Å². The molecule has 1 aromatic rings. The predicted molar refractivity (Wildman–Crippen MR) is 90.3 cm³/mol. The van der Waals surface area contributed by atoms with Gasteiger partial charge in [-0.1, -0.05) is 0 Å². The summed E-state index contributed by atoms with van der Waals surface area (Å²) in [5, 5.41) is 2.75. The molecule has 0 atom stereocenters. The largest absolute Gasteiger partial charge is 0.462 e. The maximum Gasteiger partial charge on any atom is 0.451 e. The molecule has 25 heavy (non-hydrogen) atoms. The molecule has 0 unspecified atom stereocenters. The van der Waals surface area contributed by atoms with Gasteiger partial charge in [-0.15, -0.1) is 0 Å². The first-order valence-corrected chi connectivity index (χ1v) is 7.73. The molecule has 0 bridgehead atoms. The monoisotopic (exact) mass is 364 g/mol. The highest BCUT2D eigenvalue weighted by molar-refractivity contribution is 5.94. The minimum atomic E-state index is -4.68. The van der Waals surface area contributed by atoms with Crippen molar-refractivity contribution < 1.29 is 22.7 Å². The number of nitrogens with one attached hydrogen (secondary N) is 1. The number of ether oxygens (including phenoxy) is 1. The second-order valence-corrected chi connectivity index (χ2v) is 7.42. The fraction of sp³-hybridized carbons (Fsp3) is 0.688. The smallest absolute Gasteiger partial charge is 0.451 e. The highest BCUT2D eigenvalue weighted by atomic mass is 19.4. The molecule has 1 heterocycles. The van der Waals surface area contributed by atoms with E-state index in [1.165, 1.54) is 0 Å². The molecule has 9 heteroatoms. The van der Waals surface area contributed by atoms with Crippen LogP contribution in [0.5, 0.6) is 0 Å². The zero-order valence-electron chi connectivity index (χ0n) is 15.7. The molecule has 0 aliphatic heterocycles. The van der Waals surface area contributed by atoms with E-state index in [0.29, 0.717) is 0 Å². The van der Waals surface area contributed by atoms with Gasteiger partial charge in [0.2, 0.25) is 5.82 Å². The predicted octanol–water partition coefficient (Wildman–Crippen LogP) is 3.63. The van der Waals surface area contributed by atoms with Crippen molar-refractivity contribution in [3.63, 3.8) is 0 Å². The van der Waals surface area contributed by atoms with Gasteiger partial charge in [-0.25, -0.2) is 14.8 Å². The minimum absolute atomic E-state index is 0. The standard InChI is InChI=1S/C12H16F3N3O2.C4H11N/c1-5-20-9(19)7-6-16-10(12(13,14)15)17-8(7)18-11(2,3)4;1-4(2,3)5/h6H,5H2,1-4H3,(H,16,17,18);5H2,1-3H3. The number of hydrogen-bond donors (Lipinski definition) is 2. The van der Waals surface area contributed by atoms with Crippen LogP contribution < -0.4 is 11.1 Å². The number of anilines is 1. The summed E-state index contributed by atoms with van der Waals surface area (Å²) in [6.45, 7) is 12.8. The summed E-state index contributed by atoms with van der Waals surface area (Å²) in [7, 11) is 0. The van der Waals surface area contributed by atoms with E-state index in [2.05, 4.69) is 15.3 Å². The van der Waals surface area contributed by atoms with Gasteiger partial charge in [-0.2, -0.15) is 13.2 Å². The first-order valence-electron chi connectivity index (χ1n) is 7.73. The highest BCUT2D eigenvalue weighted by Crippen LogP contribution is 2.28. The molecule has 0 fully saturated rings. The summed E-state index contributed by atoms with van der Waals surface area (Å²) in [6, 6.07) is 0. The van der Waals surface area contributed by atoms with E-state index in [4.69, 9.17) is 10.5 Å². The number of carbonyl (C=O) groups excluding carboxylic acids is 1. The maximum absolute atomic E-state index is 12.6. The Morgan fingerprint density at radius 1 is 1.20 bits per heavy atom. The van der Waals surface area contributed by atoms with E-state index in [0.717, 1.165) is 6.20 Å². The summed E-state index contributed by atoms with van der Waals surface area (Å²) in [6.07, 6.45) is -3.86. The third-order valence-electron chi connectivity index (χ3n) is 2.03. The van der Waals surface area contributed by atoms with Gasteiger partial charge in [0, 0.05) is 17.3 Å². The third-order valence-corrected chi connectivity index (χ3v) is 2.03. The number of rotatable bonds is 3. The van der Waals surface area contributed by atoms with E-state index in [1.807, 2.05) is 20.8 Å². The lowest BCUT2D eigenvalue weighted by Gasteiger charge is -2.23. The fourth-order valence-electron chi connectivity index (χ4n) is 1.33. The van der Waals surface area contributed by atoms with Gasteiger partial charge < -0.3 is 15.8 Å². The number of alkyl halides is 3. The fourth-order valence-corrected chi connectivity index (χ4v) is 1.33. The zero-order valence-corrected chi connectivity index (χ0v) is 15.7. The summed E-state index contributed by atoms with van der Waals surface area (Å²) in [4.78, 5) is 18.2. The van der Waals surface area contributed by atoms with Crippen LogP contribution in [-0.2, 0) is 10.9 Å². The Hall–Kier alpha value is -1.90. The second kappa shape index (κ2) is 8.46. The van der Waals surface area contributed by atoms with E-state index < -0.39 is 23.5 Å². The van der Waals surface area contributed by atoms with Crippen LogP contribution in [0.3, 0.4) is 0 Å². The topological polar surface area (TPSA) is 90.1 Å². The molecule has 0 spiro atoms. The number of halogens is 3. The van der Waals surface area contributed by atoms with Crippen LogP contribution in [0.2, 0.25) is 0 Å². The van der Waals surface area contributed by atoms with Crippen molar-refractivity contribution in [1.82, 2.24) is 9.97 Å². The number of hydrogen-bond acceptors (Lipinski definition) is 6. The summed E-state index contributed by atoms with van der Waals surface area (Å²) in [5.41, 5.74) is 4.65. The van der Waals surface area contributed by atoms with E-state index in [9.17, 15) is 18.0 Å². The normalized spacial score (nSPS) is 12.1. The van der Waals surface area contributed by atoms with Crippen molar-refractivity contribution in [2.45, 2.75) is 65.7 Å². The molecule has 0 saturated carbocycles. The van der Waals surface area contributed by atoms with Gasteiger partial charge >= 0.3 is 12.1 Å². The van der Waals surface area contributed by atoms with Crippen LogP contribution >= 0.6 is 0 Å². The number of nitrogens with zero attached hydrogens (tertiary/aromatic N) is 2. The molecule has 1 aromatic heterocycles. The Bertz CT molecular complexity index is 570. The SMILES string of the molecule is CC(C)(C)N.CCOC(=O)c1cnc(C(F)(F)F)nc1NC(C)(C)C. The lowest BCUT2D eigenvalue weighted by atomic mass is 10.1. The molecular formula is C16H27F3N4O2. The Labute approximate surface area is 146 Å². The lowest BCUT2D eigenvalue weighted by Crippen LogP contribution is -2.29. The maximum atomic E-state index is 12.6. The Balaban J connectivity index is 0.00000101. The summed E-state index contributed by atoms with van der Waals surface area (Å²) in [5.74, 6) is -2.27. The molecule has 144 valence electrons. The van der Waals surface area contributed by atoms with Gasteiger partial charge in [0.15, 0.2) is 0 Å². The molecule has 6 nitrogen and oxygen atoms in total. The lowest BCUT2D eigenvalue weighted by molar-refractivity contribution is -0.144. The number of esters is 1. The van der Waals surface area contributed by atoms with Crippen molar-refractivity contribution in [3.05, 3.63) is 17.6 Å². The molecule has 0 radical (unpaired) electrons. The molecule has 0 amide bonds. The molecule has 3 N–H and O–H groups in total. The van der Waals surface area contributed by atoms with Crippen molar-refractivity contribution in [2.75, 3.05) is 11.9 Å². The molecule has 0 aliphatic carbocycles. The Kier molecular flexibility index (Phi) is 7.82.